The summed E-state index contributed by atoms with van der Waals surface area (Å²) in [7, 11) is -0.590. The second-order valence-electron chi connectivity index (χ2n) is 6.17. The number of pyridine rings is 1. The Balaban J connectivity index is 1.68. The third kappa shape index (κ3) is 3.11. The van der Waals surface area contributed by atoms with Crippen LogP contribution in [-0.2, 0) is 16.6 Å². The number of fused-ring (bicyclic) bond motifs is 2. The van der Waals surface area contributed by atoms with Gasteiger partial charge in [0.05, 0.1) is 10.4 Å². The van der Waals surface area contributed by atoms with Gasteiger partial charge in [-0.2, -0.15) is 0 Å². The van der Waals surface area contributed by atoms with Crippen molar-refractivity contribution < 1.29 is 13.3 Å². The van der Waals surface area contributed by atoms with Crippen LogP contribution >= 0.6 is 0 Å². The molecule has 2 aromatic heterocycles. The van der Waals surface area contributed by atoms with Crippen LogP contribution < -0.4 is 4.84 Å². The molecule has 0 aliphatic carbocycles. The van der Waals surface area contributed by atoms with E-state index < -0.39 is 10.0 Å². The largest absolute Gasteiger partial charge is 0.390 e. The van der Waals surface area contributed by atoms with E-state index in [-0.39, 0.29) is 11.5 Å². The molecular weight excluding hydrogens is 366 g/mol. The maximum Gasteiger partial charge on any atom is 0.242 e. The number of nitrogens with zero attached hydrogens (tertiary/aromatic N) is 5. The van der Waals surface area contributed by atoms with Gasteiger partial charge in [-0.05, 0) is 29.5 Å². The van der Waals surface area contributed by atoms with Gasteiger partial charge in [-0.25, -0.2) is 12.7 Å². The van der Waals surface area contributed by atoms with Crippen LogP contribution in [-0.4, -0.2) is 47.0 Å². The molecule has 0 saturated carbocycles. The van der Waals surface area contributed by atoms with Gasteiger partial charge in [-0.3, -0.25) is 4.98 Å². The molecule has 27 heavy (non-hydrogen) atoms. The number of aromatic nitrogens is 4. The number of hydrogen-bond acceptors (Lipinski definition) is 6. The molecule has 0 fully saturated rings. The van der Waals surface area contributed by atoms with Crippen LogP contribution in [0.25, 0.3) is 21.9 Å². The third-order valence-electron chi connectivity index (χ3n) is 4.22. The zero-order chi connectivity index (χ0) is 19.0. The van der Waals surface area contributed by atoms with E-state index in [1.165, 1.54) is 31.1 Å². The van der Waals surface area contributed by atoms with E-state index in [4.69, 9.17) is 4.84 Å². The Labute approximate surface area is 156 Å². The second-order valence-corrected chi connectivity index (χ2v) is 8.32. The fourth-order valence-electron chi connectivity index (χ4n) is 2.76. The second kappa shape index (κ2) is 6.60. The minimum absolute atomic E-state index is 0.152. The van der Waals surface area contributed by atoms with E-state index in [1.54, 1.807) is 12.3 Å². The first-order valence-corrected chi connectivity index (χ1v) is 9.65. The van der Waals surface area contributed by atoms with Crippen LogP contribution in [0.15, 0.2) is 59.6 Å². The van der Waals surface area contributed by atoms with Crippen LogP contribution in [0.2, 0.25) is 0 Å². The highest BCUT2D eigenvalue weighted by atomic mass is 32.2. The molecule has 0 atom stereocenters. The topological polar surface area (TPSA) is 90.2 Å². The molecule has 0 saturated heterocycles. The molecule has 0 aliphatic heterocycles. The lowest BCUT2D eigenvalue weighted by atomic mass is 10.1. The summed E-state index contributed by atoms with van der Waals surface area (Å²) < 4.78 is 25.9. The lowest BCUT2D eigenvalue weighted by molar-refractivity contribution is 0.0757. The van der Waals surface area contributed by atoms with Gasteiger partial charge in [-0.15, -0.1) is 5.10 Å². The van der Waals surface area contributed by atoms with Crippen molar-refractivity contribution in [1.82, 2.24) is 24.4 Å². The molecule has 0 spiro atoms. The summed E-state index contributed by atoms with van der Waals surface area (Å²) in [5.74, 6) is 0. The molecule has 4 aromatic rings. The Hall–Kier alpha value is -3.04. The summed E-state index contributed by atoms with van der Waals surface area (Å²) in [4.78, 5) is 11.6. The normalized spacial score (nSPS) is 12.1. The van der Waals surface area contributed by atoms with Gasteiger partial charge in [0, 0.05) is 31.2 Å². The molecule has 2 heterocycles. The first-order valence-electron chi connectivity index (χ1n) is 8.21. The Morgan fingerprint density at radius 2 is 1.93 bits per heavy atom. The van der Waals surface area contributed by atoms with Gasteiger partial charge in [0.15, 0.2) is 0 Å². The Kier molecular flexibility index (Phi) is 4.25. The molecule has 138 valence electrons. The molecule has 0 N–H and O–H groups in total. The highest BCUT2D eigenvalue weighted by molar-refractivity contribution is 7.89. The van der Waals surface area contributed by atoms with E-state index in [2.05, 4.69) is 15.3 Å². The predicted octanol–water partition coefficient (Wildman–Crippen LogP) is 1.86. The highest BCUT2D eigenvalue weighted by Gasteiger charge is 2.19. The summed E-state index contributed by atoms with van der Waals surface area (Å²) >= 11 is 0. The molecule has 8 nitrogen and oxygen atoms in total. The summed E-state index contributed by atoms with van der Waals surface area (Å²) in [6.45, 7) is 0.220. The lowest BCUT2D eigenvalue weighted by Crippen LogP contribution is -2.22. The summed E-state index contributed by atoms with van der Waals surface area (Å²) in [6.07, 6.45) is 1.73. The van der Waals surface area contributed by atoms with E-state index in [0.29, 0.717) is 11.0 Å². The minimum atomic E-state index is -3.56. The SMILES string of the molecule is CN(C)S(=O)(=O)c1ccc2nnn(OCc3cccc4cccnc34)c2c1. The predicted molar refractivity (Wildman–Crippen MR) is 100 cm³/mol. The van der Waals surface area contributed by atoms with E-state index >= 15 is 0 Å². The molecule has 0 aliphatic rings. The van der Waals surface area contributed by atoms with E-state index in [9.17, 15) is 8.42 Å². The van der Waals surface area contributed by atoms with Crippen LogP contribution in [0.1, 0.15) is 5.56 Å². The van der Waals surface area contributed by atoms with Gasteiger partial charge in [0.25, 0.3) is 0 Å². The molecule has 9 heteroatoms. The first-order chi connectivity index (χ1) is 13.0. The number of sulfonamides is 1. The van der Waals surface area contributed by atoms with Crippen molar-refractivity contribution in [1.29, 1.82) is 0 Å². The standard InChI is InChI=1S/C18H17N5O3S/c1-22(2)27(24,25)15-8-9-16-17(11-15)23(21-20-16)26-12-14-6-3-5-13-7-4-10-19-18(13)14/h3-11H,12H2,1-2H3. The third-order valence-corrected chi connectivity index (χ3v) is 6.03. The first kappa shape index (κ1) is 17.4. The van der Waals surface area contributed by atoms with Crippen LogP contribution in [0.4, 0.5) is 0 Å². The molecule has 4 rings (SSSR count). The summed E-state index contributed by atoms with van der Waals surface area (Å²) in [6, 6.07) is 14.3. The van der Waals surface area contributed by atoms with Gasteiger partial charge < -0.3 is 4.84 Å². The maximum atomic E-state index is 12.4. The maximum absolute atomic E-state index is 12.4. The van der Waals surface area contributed by atoms with Gasteiger partial charge >= 0.3 is 0 Å². The Bertz CT molecular complexity index is 1230. The van der Waals surface area contributed by atoms with Crippen molar-refractivity contribution >= 4 is 32.0 Å². The van der Waals surface area contributed by atoms with Crippen LogP contribution in [0, 0.1) is 0 Å². The monoisotopic (exact) mass is 383 g/mol. The number of rotatable bonds is 5. The molecule has 0 unspecified atom stereocenters. The van der Waals surface area contributed by atoms with Crippen molar-refractivity contribution in [2.75, 3.05) is 14.1 Å². The van der Waals surface area contributed by atoms with E-state index in [0.717, 1.165) is 20.8 Å². The van der Waals surface area contributed by atoms with Crippen molar-refractivity contribution in [3.8, 4) is 0 Å². The molecule has 0 radical (unpaired) electrons. The highest BCUT2D eigenvalue weighted by Crippen LogP contribution is 2.20. The van der Waals surface area contributed by atoms with Crippen LogP contribution in [0.3, 0.4) is 0 Å². The molecular formula is C18H17N5O3S. The Morgan fingerprint density at radius 3 is 2.74 bits per heavy atom. The fraction of sp³-hybridized carbons (Fsp3) is 0.167. The van der Waals surface area contributed by atoms with E-state index in [1.807, 2.05) is 30.3 Å². The number of para-hydroxylation sites is 1. The fourth-order valence-corrected chi connectivity index (χ4v) is 3.68. The summed E-state index contributed by atoms with van der Waals surface area (Å²) in [5.41, 5.74) is 2.77. The average molecular weight is 383 g/mol. The zero-order valence-corrected chi connectivity index (χ0v) is 15.6. The molecule has 0 bridgehead atoms. The smallest absolute Gasteiger partial charge is 0.242 e. The number of benzene rings is 2. The van der Waals surface area contributed by atoms with Crippen molar-refractivity contribution in [2.24, 2.45) is 0 Å². The molecule has 2 aromatic carbocycles. The quantitative estimate of drug-likeness (QED) is 0.522. The number of hydrogen-bond donors (Lipinski definition) is 0. The molecule has 0 amide bonds. The van der Waals surface area contributed by atoms with Gasteiger partial charge in [0.2, 0.25) is 10.0 Å². The minimum Gasteiger partial charge on any atom is -0.390 e. The summed E-state index contributed by atoms with van der Waals surface area (Å²) in [5, 5.41) is 9.01. The zero-order valence-electron chi connectivity index (χ0n) is 14.8. The van der Waals surface area contributed by atoms with Crippen molar-refractivity contribution in [2.45, 2.75) is 11.5 Å². The van der Waals surface area contributed by atoms with Crippen molar-refractivity contribution in [3.63, 3.8) is 0 Å². The average Bonchev–Trinajstić information content (AvgIpc) is 3.08. The van der Waals surface area contributed by atoms with Crippen molar-refractivity contribution in [3.05, 3.63) is 60.3 Å². The van der Waals surface area contributed by atoms with Crippen LogP contribution in [0.5, 0.6) is 0 Å². The Morgan fingerprint density at radius 1 is 1.11 bits per heavy atom. The van der Waals surface area contributed by atoms with Gasteiger partial charge in [-0.1, -0.05) is 29.1 Å². The lowest BCUT2D eigenvalue weighted by Gasteiger charge is -2.11. The van der Waals surface area contributed by atoms with Gasteiger partial charge in [0.1, 0.15) is 17.6 Å².